The van der Waals surface area contributed by atoms with E-state index in [2.05, 4.69) is 10.4 Å². The van der Waals surface area contributed by atoms with Crippen molar-refractivity contribution in [2.24, 2.45) is 7.05 Å². The molecule has 0 atom stereocenters. The van der Waals surface area contributed by atoms with Gasteiger partial charge in [0.15, 0.2) is 11.5 Å². The molecule has 5 nitrogen and oxygen atoms in total. The zero-order valence-electron chi connectivity index (χ0n) is 9.69. The van der Waals surface area contributed by atoms with Gasteiger partial charge in [0, 0.05) is 26.1 Å². The van der Waals surface area contributed by atoms with Gasteiger partial charge in [0.25, 0.3) is 0 Å². The number of carbonyl (C=O) groups is 1. The fourth-order valence-corrected chi connectivity index (χ4v) is 1.68. The zero-order valence-corrected chi connectivity index (χ0v) is 9.69. The first-order chi connectivity index (χ1) is 7.72. The summed E-state index contributed by atoms with van der Waals surface area (Å²) in [5, 5.41) is 7.33. The van der Waals surface area contributed by atoms with Crippen molar-refractivity contribution < 1.29 is 9.53 Å². The van der Waals surface area contributed by atoms with Crippen molar-refractivity contribution in [3.05, 3.63) is 11.9 Å². The Balaban J connectivity index is 1.92. The van der Waals surface area contributed by atoms with Crippen LogP contribution < -0.4 is 10.1 Å². The summed E-state index contributed by atoms with van der Waals surface area (Å²) in [6.45, 7) is 0.734. The van der Waals surface area contributed by atoms with Gasteiger partial charge in [-0.2, -0.15) is 5.10 Å². The van der Waals surface area contributed by atoms with Gasteiger partial charge in [0.1, 0.15) is 5.69 Å². The molecule has 1 N–H and O–H groups in total. The minimum absolute atomic E-state index is 0.0741. The molecule has 0 unspecified atom stereocenters. The number of rotatable bonds is 6. The van der Waals surface area contributed by atoms with Gasteiger partial charge in [-0.05, 0) is 12.8 Å². The first-order valence-corrected chi connectivity index (χ1v) is 5.55. The van der Waals surface area contributed by atoms with Gasteiger partial charge in [0.2, 0.25) is 0 Å². The van der Waals surface area contributed by atoms with Crippen LogP contribution in [0, 0.1) is 0 Å². The van der Waals surface area contributed by atoms with Crippen LogP contribution in [0.1, 0.15) is 29.8 Å². The van der Waals surface area contributed by atoms with Gasteiger partial charge in [0.05, 0.1) is 13.3 Å². The molecule has 0 aromatic carbocycles. The molecule has 1 aromatic rings. The van der Waals surface area contributed by atoms with Crippen LogP contribution >= 0.6 is 0 Å². The Morgan fingerprint density at radius 1 is 1.69 bits per heavy atom. The Bertz CT molecular complexity index is 383. The molecule has 1 saturated carbocycles. The number of ketones is 1. The van der Waals surface area contributed by atoms with E-state index in [-0.39, 0.29) is 5.78 Å². The predicted molar refractivity (Wildman–Crippen MR) is 59.7 cm³/mol. The molecule has 1 aromatic heterocycles. The van der Waals surface area contributed by atoms with Crippen LogP contribution in [0.25, 0.3) is 0 Å². The normalized spacial score (nSPS) is 15.1. The maximum Gasteiger partial charge on any atom is 0.185 e. The predicted octanol–water partition coefficient (Wildman–Crippen LogP) is 0.753. The summed E-state index contributed by atoms with van der Waals surface area (Å²) in [5.41, 5.74) is 0.556. The molecule has 0 saturated heterocycles. The van der Waals surface area contributed by atoms with Gasteiger partial charge in [-0.25, -0.2) is 0 Å². The monoisotopic (exact) mass is 223 g/mol. The fraction of sp³-hybridized carbons (Fsp3) is 0.636. The van der Waals surface area contributed by atoms with Crippen molar-refractivity contribution >= 4 is 5.78 Å². The Labute approximate surface area is 94.8 Å². The van der Waals surface area contributed by atoms with Crippen molar-refractivity contribution in [2.45, 2.75) is 25.3 Å². The topological polar surface area (TPSA) is 56.2 Å². The third-order valence-electron chi connectivity index (χ3n) is 2.75. The summed E-state index contributed by atoms with van der Waals surface area (Å²) < 4.78 is 6.67. The Kier molecular flexibility index (Phi) is 3.24. The van der Waals surface area contributed by atoms with Gasteiger partial charge in [-0.1, -0.05) is 0 Å². The molecule has 0 aliphatic heterocycles. The highest BCUT2D eigenvalue weighted by Crippen LogP contribution is 2.20. The number of methoxy groups -OCH3 is 1. The summed E-state index contributed by atoms with van der Waals surface area (Å²) in [6, 6.07) is 0.640. The quantitative estimate of drug-likeness (QED) is 0.723. The molecule has 1 heterocycles. The van der Waals surface area contributed by atoms with Crippen LogP contribution in [0.3, 0.4) is 0 Å². The molecule has 16 heavy (non-hydrogen) atoms. The fourth-order valence-electron chi connectivity index (χ4n) is 1.68. The van der Waals surface area contributed by atoms with Crippen LogP contribution in [0.4, 0.5) is 0 Å². The van der Waals surface area contributed by atoms with Crippen molar-refractivity contribution in [3.63, 3.8) is 0 Å². The largest absolute Gasteiger partial charge is 0.493 e. The number of aromatic nitrogens is 2. The van der Waals surface area contributed by atoms with Gasteiger partial charge in [-0.3, -0.25) is 9.48 Å². The maximum atomic E-state index is 11.9. The van der Waals surface area contributed by atoms with E-state index >= 15 is 0 Å². The van der Waals surface area contributed by atoms with Crippen molar-refractivity contribution in [3.8, 4) is 5.75 Å². The van der Waals surface area contributed by atoms with Crippen LogP contribution in [0.2, 0.25) is 0 Å². The number of hydrogen-bond acceptors (Lipinski definition) is 4. The van der Waals surface area contributed by atoms with Gasteiger partial charge >= 0.3 is 0 Å². The molecule has 88 valence electrons. The standard InChI is InChI=1S/C11H17N3O2/c1-14-11(10(16-2)7-13-14)9(15)5-6-12-8-3-4-8/h7-8,12H,3-6H2,1-2H3. The molecular weight excluding hydrogens is 206 g/mol. The van der Waals surface area contributed by atoms with Gasteiger partial charge in [-0.15, -0.1) is 0 Å². The van der Waals surface area contributed by atoms with Crippen LogP contribution in [-0.4, -0.2) is 35.3 Å². The van der Waals surface area contributed by atoms with Crippen molar-refractivity contribution in [2.75, 3.05) is 13.7 Å². The second-order valence-electron chi connectivity index (χ2n) is 4.09. The number of ether oxygens (including phenoxy) is 1. The minimum Gasteiger partial charge on any atom is -0.493 e. The molecule has 5 heteroatoms. The SMILES string of the molecule is COc1cnn(C)c1C(=O)CCNC1CC1. The van der Waals surface area contributed by atoms with Crippen LogP contribution in [0.5, 0.6) is 5.75 Å². The maximum absolute atomic E-state index is 11.9. The van der Waals surface area contributed by atoms with E-state index in [1.54, 1.807) is 25.0 Å². The van der Waals surface area contributed by atoms with Gasteiger partial charge < -0.3 is 10.1 Å². The van der Waals surface area contributed by atoms with E-state index in [1.165, 1.54) is 12.8 Å². The Morgan fingerprint density at radius 2 is 2.44 bits per heavy atom. The average Bonchev–Trinajstić information content (AvgIpc) is 3.00. The molecule has 0 spiro atoms. The molecule has 1 fully saturated rings. The Hall–Kier alpha value is -1.36. The summed E-state index contributed by atoms with van der Waals surface area (Å²) in [7, 11) is 3.31. The molecular formula is C11H17N3O2. The molecule has 1 aliphatic carbocycles. The first kappa shape index (κ1) is 11.1. The number of nitrogens with zero attached hydrogens (tertiary/aromatic N) is 2. The highest BCUT2D eigenvalue weighted by atomic mass is 16.5. The van der Waals surface area contributed by atoms with Crippen molar-refractivity contribution in [1.82, 2.24) is 15.1 Å². The summed E-state index contributed by atoms with van der Waals surface area (Å²) in [6.07, 6.45) is 4.54. The third-order valence-corrected chi connectivity index (χ3v) is 2.75. The lowest BCUT2D eigenvalue weighted by atomic mass is 10.2. The summed E-state index contributed by atoms with van der Waals surface area (Å²) in [4.78, 5) is 11.9. The van der Waals surface area contributed by atoms with E-state index in [4.69, 9.17) is 4.74 Å². The smallest absolute Gasteiger partial charge is 0.185 e. The average molecular weight is 223 g/mol. The highest BCUT2D eigenvalue weighted by molar-refractivity contribution is 5.97. The lowest BCUT2D eigenvalue weighted by molar-refractivity contribution is 0.0970. The molecule has 1 aliphatic rings. The van der Waals surface area contributed by atoms with E-state index in [9.17, 15) is 4.79 Å². The Morgan fingerprint density at radius 3 is 3.06 bits per heavy atom. The number of nitrogens with one attached hydrogen (secondary N) is 1. The number of aryl methyl sites for hydroxylation is 1. The zero-order chi connectivity index (χ0) is 11.5. The summed E-state index contributed by atoms with van der Waals surface area (Å²) in [5.74, 6) is 0.629. The van der Waals surface area contributed by atoms with Crippen LogP contribution in [0.15, 0.2) is 6.20 Å². The molecule has 2 rings (SSSR count). The van der Waals surface area contributed by atoms with E-state index in [1.807, 2.05) is 0 Å². The minimum atomic E-state index is 0.0741. The third kappa shape index (κ3) is 2.41. The van der Waals surface area contributed by atoms with E-state index < -0.39 is 0 Å². The van der Waals surface area contributed by atoms with E-state index in [0.29, 0.717) is 23.9 Å². The molecule has 0 radical (unpaired) electrons. The second-order valence-corrected chi connectivity index (χ2v) is 4.09. The first-order valence-electron chi connectivity index (χ1n) is 5.55. The number of hydrogen-bond donors (Lipinski definition) is 1. The number of Topliss-reactive ketones (excluding diaryl/α,β-unsaturated/α-hetero) is 1. The highest BCUT2D eigenvalue weighted by Gasteiger charge is 2.21. The van der Waals surface area contributed by atoms with E-state index in [0.717, 1.165) is 6.54 Å². The molecule has 0 bridgehead atoms. The summed E-state index contributed by atoms with van der Waals surface area (Å²) >= 11 is 0. The lowest BCUT2D eigenvalue weighted by Crippen LogP contribution is -2.21. The number of carbonyl (C=O) groups excluding carboxylic acids is 1. The van der Waals surface area contributed by atoms with Crippen LogP contribution in [-0.2, 0) is 7.05 Å². The lowest BCUT2D eigenvalue weighted by Gasteiger charge is -2.05. The molecule has 0 amide bonds. The second kappa shape index (κ2) is 4.65. The van der Waals surface area contributed by atoms with Crippen molar-refractivity contribution in [1.29, 1.82) is 0 Å².